The van der Waals surface area contributed by atoms with Gasteiger partial charge in [-0.15, -0.1) is 0 Å². The summed E-state index contributed by atoms with van der Waals surface area (Å²) in [6, 6.07) is 30.8. The number of rotatable bonds is 14. The first-order chi connectivity index (χ1) is 21.4. The van der Waals surface area contributed by atoms with E-state index in [1.807, 2.05) is 61.5 Å². The third-order valence-electron chi connectivity index (χ3n) is 7.19. The number of ether oxygens (including phenoxy) is 1. The molecule has 0 unspecified atom stereocenters. The van der Waals surface area contributed by atoms with E-state index in [1.165, 1.54) is 0 Å². The van der Waals surface area contributed by atoms with Crippen molar-refractivity contribution in [3.63, 3.8) is 0 Å². The minimum atomic E-state index is -0.727. The lowest BCUT2D eigenvalue weighted by molar-refractivity contribution is -0.124. The Morgan fingerprint density at radius 3 is 1.98 bits per heavy atom. The molecule has 4 aromatic carbocycles. The van der Waals surface area contributed by atoms with Crippen LogP contribution in [-0.4, -0.2) is 37.4 Å². The van der Waals surface area contributed by atoms with Crippen LogP contribution >= 0.6 is 11.6 Å². The van der Waals surface area contributed by atoms with Gasteiger partial charge < -0.3 is 26.4 Å². The third-order valence-corrected chi connectivity index (χ3v) is 7.42. The van der Waals surface area contributed by atoms with Crippen LogP contribution in [0.4, 0.5) is 0 Å². The van der Waals surface area contributed by atoms with Crippen LogP contribution in [0.25, 0.3) is 0 Å². The average Bonchev–Trinajstić information content (AvgIpc) is 3.05. The summed E-state index contributed by atoms with van der Waals surface area (Å²) in [4.78, 5) is 40.0. The Bertz CT molecular complexity index is 1530. The molecule has 0 aromatic heterocycles. The lowest BCUT2D eigenvalue weighted by Crippen LogP contribution is -2.41. The van der Waals surface area contributed by atoms with Crippen molar-refractivity contribution in [3.05, 3.63) is 136 Å². The van der Waals surface area contributed by atoms with E-state index in [4.69, 9.17) is 22.1 Å². The van der Waals surface area contributed by atoms with Gasteiger partial charge in [0.25, 0.3) is 5.91 Å². The molecule has 8 nitrogen and oxygen atoms in total. The van der Waals surface area contributed by atoms with E-state index in [9.17, 15) is 14.4 Å². The van der Waals surface area contributed by atoms with Crippen molar-refractivity contribution in [2.75, 3.05) is 19.7 Å². The summed E-state index contributed by atoms with van der Waals surface area (Å²) < 4.78 is 5.56. The van der Waals surface area contributed by atoms with Gasteiger partial charge in [0.15, 0.2) is 0 Å². The SMILES string of the molecule is CCOc1ccc([C@@H](CNC(=O)c2cccc(Cl)c2)C(=O)NC[C@H](C(=O)NCc2ccc(CN)cc2)c2ccccc2)cc1. The van der Waals surface area contributed by atoms with E-state index in [2.05, 4.69) is 16.0 Å². The predicted molar refractivity (Wildman–Crippen MR) is 173 cm³/mol. The molecule has 3 amide bonds. The van der Waals surface area contributed by atoms with Gasteiger partial charge in [0.1, 0.15) is 5.75 Å². The number of hydrogen-bond acceptors (Lipinski definition) is 5. The fraction of sp³-hybridized carbons (Fsp3) is 0.229. The number of carbonyl (C=O) groups is 3. The van der Waals surface area contributed by atoms with Crippen LogP contribution in [0, 0.1) is 0 Å². The van der Waals surface area contributed by atoms with Gasteiger partial charge in [0.05, 0.1) is 18.4 Å². The number of halogens is 1. The van der Waals surface area contributed by atoms with E-state index in [0.717, 1.165) is 16.7 Å². The van der Waals surface area contributed by atoms with Crippen LogP contribution in [0.1, 0.15) is 51.4 Å². The number of carbonyl (C=O) groups excluding carboxylic acids is 3. The molecule has 0 fully saturated rings. The van der Waals surface area contributed by atoms with Crippen LogP contribution in [0.5, 0.6) is 5.75 Å². The van der Waals surface area contributed by atoms with E-state index in [-0.39, 0.29) is 30.8 Å². The fourth-order valence-electron chi connectivity index (χ4n) is 4.73. The van der Waals surface area contributed by atoms with E-state index < -0.39 is 11.8 Å². The van der Waals surface area contributed by atoms with Crippen molar-refractivity contribution < 1.29 is 19.1 Å². The summed E-state index contributed by atoms with van der Waals surface area (Å²) in [5.74, 6) is -1.58. The number of nitrogens with two attached hydrogens (primary N) is 1. The standard InChI is InChI=1S/C35H37ClN4O4/c1-2-44-30-17-15-27(16-18-30)32(22-39-33(41)28-9-6-10-29(36)19-28)35(43)40-23-31(26-7-4-3-5-8-26)34(42)38-21-25-13-11-24(20-37)12-14-25/h3-19,31-32H,2,20-23,37H2,1H3,(H,38,42)(H,39,41)(H,40,43)/t31-,32+/m0/s1. The Labute approximate surface area is 263 Å². The van der Waals surface area contributed by atoms with Gasteiger partial charge in [0, 0.05) is 36.8 Å². The van der Waals surface area contributed by atoms with Gasteiger partial charge in [-0.1, -0.05) is 84.4 Å². The lowest BCUT2D eigenvalue weighted by atomic mass is 9.95. The molecule has 0 aliphatic heterocycles. The highest BCUT2D eigenvalue weighted by Crippen LogP contribution is 2.22. The normalized spacial score (nSPS) is 12.1. The molecule has 0 bridgehead atoms. The Hall–Kier alpha value is -4.66. The summed E-state index contributed by atoms with van der Waals surface area (Å²) >= 11 is 6.06. The fourth-order valence-corrected chi connectivity index (χ4v) is 4.92. The van der Waals surface area contributed by atoms with Gasteiger partial charge in [0.2, 0.25) is 11.8 Å². The maximum atomic E-state index is 13.7. The van der Waals surface area contributed by atoms with Gasteiger partial charge in [-0.2, -0.15) is 0 Å². The number of nitrogens with one attached hydrogen (secondary N) is 3. The third kappa shape index (κ3) is 9.17. The summed E-state index contributed by atoms with van der Waals surface area (Å²) in [6.45, 7) is 3.30. The van der Waals surface area contributed by atoms with Crippen LogP contribution < -0.4 is 26.4 Å². The maximum Gasteiger partial charge on any atom is 0.251 e. The Morgan fingerprint density at radius 1 is 0.727 bits per heavy atom. The minimum absolute atomic E-state index is 0.0339. The molecule has 0 heterocycles. The molecule has 4 rings (SSSR count). The Balaban J connectivity index is 1.48. The van der Waals surface area contributed by atoms with E-state index in [0.29, 0.717) is 41.6 Å². The summed E-state index contributed by atoms with van der Waals surface area (Å²) in [5, 5.41) is 9.26. The zero-order valence-corrected chi connectivity index (χ0v) is 25.3. The number of benzene rings is 4. The molecule has 0 aliphatic rings. The van der Waals surface area contributed by atoms with Crippen LogP contribution in [0.15, 0.2) is 103 Å². The monoisotopic (exact) mass is 612 g/mol. The van der Waals surface area contributed by atoms with Crippen molar-refractivity contribution in [1.29, 1.82) is 0 Å². The lowest BCUT2D eigenvalue weighted by Gasteiger charge is -2.22. The van der Waals surface area contributed by atoms with E-state index in [1.54, 1.807) is 48.5 Å². The second-order valence-corrected chi connectivity index (χ2v) is 10.7. The van der Waals surface area contributed by atoms with Crippen molar-refractivity contribution in [2.24, 2.45) is 5.73 Å². The molecule has 0 aliphatic carbocycles. The topological polar surface area (TPSA) is 123 Å². The van der Waals surface area contributed by atoms with Crippen molar-refractivity contribution in [2.45, 2.75) is 31.8 Å². The number of amides is 3. The molecule has 9 heteroatoms. The van der Waals surface area contributed by atoms with E-state index >= 15 is 0 Å². The highest BCUT2D eigenvalue weighted by atomic mass is 35.5. The average molecular weight is 613 g/mol. The second-order valence-electron chi connectivity index (χ2n) is 10.2. The summed E-state index contributed by atoms with van der Waals surface area (Å²) in [6.07, 6.45) is 0. The summed E-state index contributed by atoms with van der Waals surface area (Å²) in [5.41, 5.74) is 9.50. The first kappa shape index (κ1) is 32.3. The van der Waals surface area contributed by atoms with Crippen LogP contribution in [0.3, 0.4) is 0 Å². The molecule has 0 spiro atoms. The molecule has 0 radical (unpaired) electrons. The second kappa shape index (κ2) is 16.3. The molecule has 44 heavy (non-hydrogen) atoms. The zero-order valence-electron chi connectivity index (χ0n) is 24.6. The highest BCUT2D eigenvalue weighted by Gasteiger charge is 2.26. The van der Waals surface area contributed by atoms with Crippen LogP contribution in [0.2, 0.25) is 5.02 Å². The van der Waals surface area contributed by atoms with Gasteiger partial charge >= 0.3 is 0 Å². The van der Waals surface area contributed by atoms with Gasteiger partial charge in [-0.25, -0.2) is 0 Å². The Kier molecular flexibility index (Phi) is 11.9. The van der Waals surface area contributed by atoms with Crippen molar-refractivity contribution in [3.8, 4) is 5.75 Å². The first-order valence-corrected chi connectivity index (χ1v) is 14.9. The van der Waals surface area contributed by atoms with Crippen molar-refractivity contribution in [1.82, 2.24) is 16.0 Å². The molecule has 0 saturated carbocycles. The van der Waals surface area contributed by atoms with Crippen molar-refractivity contribution >= 4 is 29.3 Å². The molecule has 0 saturated heterocycles. The largest absolute Gasteiger partial charge is 0.494 e. The van der Waals surface area contributed by atoms with Gasteiger partial charge in [-0.3, -0.25) is 14.4 Å². The minimum Gasteiger partial charge on any atom is -0.494 e. The highest BCUT2D eigenvalue weighted by molar-refractivity contribution is 6.30. The first-order valence-electron chi connectivity index (χ1n) is 14.5. The molecular weight excluding hydrogens is 576 g/mol. The Morgan fingerprint density at radius 2 is 1.34 bits per heavy atom. The molecule has 228 valence electrons. The molecule has 2 atom stereocenters. The summed E-state index contributed by atoms with van der Waals surface area (Å²) in [7, 11) is 0. The molecule has 4 aromatic rings. The van der Waals surface area contributed by atoms with Gasteiger partial charge in [-0.05, 0) is 59.5 Å². The molecular formula is C35H37ClN4O4. The zero-order chi connectivity index (χ0) is 31.3. The smallest absolute Gasteiger partial charge is 0.251 e. The number of hydrogen-bond donors (Lipinski definition) is 4. The maximum absolute atomic E-state index is 13.7. The predicted octanol–water partition coefficient (Wildman–Crippen LogP) is 4.93. The molecule has 5 N–H and O–H groups in total. The quantitative estimate of drug-likeness (QED) is 0.161. The van der Waals surface area contributed by atoms with Crippen LogP contribution in [-0.2, 0) is 22.7 Å².